The highest BCUT2D eigenvalue weighted by Crippen LogP contribution is 2.30. The topological polar surface area (TPSA) is 79.0 Å². The van der Waals surface area contributed by atoms with Crippen LogP contribution < -0.4 is 10.2 Å². The highest BCUT2D eigenvalue weighted by molar-refractivity contribution is 7.89. The number of aromatic amines is 1. The van der Waals surface area contributed by atoms with Gasteiger partial charge in [-0.15, -0.1) is 0 Å². The molecule has 0 aromatic carbocycles. The van der Waals surface area contributed by atoms with Crippen LogP contribution in [0.25, 0.3) is 0 Å². The summed E-state index contributed by atoms with van der Waals surface area (Å²) in [5.74, 6) is 1.18. The van der Waals surface area contributed by atoms with Crippen molar-refractivity contribution in [3.05, 3.63) is 28.7 Å². The molecule has 1 saturated carbocycles. The van der Waals surface area contributed by atoms with E-state index in [1.54, 1.807) is 0 Å². The van der Waals surface area contributed by atoms with Crippen molar-refractivity contribution in [3.63, 3.8) is 0 Å². The minimum Gasteiger partial charge on any atom is -0.366 e. The van der Waals surface area contributed by atoms with Crippen LogP contribution in [0.3, 0.4) is 0 Å². The summed E-state index contributed by atoms with van der Waals surface area (Å²) in [7, 11) is -3.70. The number of aromatic nitrogens is 1. The Morgan fingerprint density at radius 1 is 1.25 bits per heavy atom. The van der Waals surface area contributed by atoms with Gasteiger partial charge in [0.05, 0.1) is 0 Å². The molecule has 112 valence electrons. The third kappa shape index (κ3) is 3.70. The Bertz CT molecular complexity index is 586. The molecule has 0 saturated heterocycles. The zero-order valence-corrected chi connectivity index (χ0v) is 12.6. The number of pyridine rings is 1. The van der Waals surface area contributed by atoms with Crippen LogP contribution in [0.2, 0.25) is 0 Å². The van der Waals surface area contributed by atoms with Gasteiger partial charge in [0.15, 0.2) is 0 Å². The second-order valence-corrected chi connectivity index (χ2v) is 7.26. The van der Waals surface area contributed by atoms with Gasteiger partial charge in [-0.25, -0.2) is 13.1 Å². The van der Waals surface area contributed by atoms with Gasteiger partial charge in [0.2, 0.25) is 15.5 Å². The Hall–Kier alpha value is -1.14. The van der Waals surface area contributed by atoms with Crippen LogP contribution >= 0.6 is 0 Å². The van der Waals surface area contributed by atoms with Crippen molar-refractivity contribution in [2.45, 2.75) is 43.9 Å². The molecule has 0 atom stereocenters. The summed E-state index contributed by atoms with van der Waals surface area (Å²) in [4.78, 5) is 14.0. The van der Waals surface area contributed by atoms with Crippen LogP contribution in [0.1, 0.15) is 39.0 Å². The summed E-state index contributed by atoms with van der Waals surface area (Å²) in [6.45, 7) is 2.63. The molecule has 0 bridgehead atoms. The Kier molecular flexibility index (Phi) is 4.99. The molecule has 1 fully saturated rings. The summed E-state index contributed by atoms with van der Waals surface area (Å²) in [6.07, 6.45) is 8.34. The van der Waals surface area contributed by atoms with E-state index in [9.17, 15) is 13.2 Å². The van der Waals surface area contributed by atoms with E-state index >= 15 is 0 Å². The minimum absolute atomic E-state index is 0.206. The number of hydrogen-bond acceptors (Lipinski definition) is 3. The summed E-state index contributed by atoms with van der Waals surface area (Å²) in [5, 5.41) is 0. The van der Waals surface area contributed by atoms with Gasteiger partial charge in [0.1, 0.15) is 4.90 Å². The molecule has 1 aliphatic carbocycles. The lowest BCUT2D eigenvalue weighted by Gasteiger charge is -2.27. The number of nitrogens with one attached hydrogen (secondary N) is 2. The average molecular weight is 298 g/mol. The molecule has 0 radical (unpaired) electrons. The zero-order valence-electron chi connectivity index (χ0n) is 11.8. The first-order valence-electron chi connectivity index (χ1n) is 7.19. The second-order valence-electron chi connectivity index (χ2n) is 5.52. The summed E-state index contributed by atoms with van der Waals surface area (Å²) in [5.41, 5.74) is -0.481. The lowest BCUT2D eigenvalue weighted by molar-refractivity contribution is 0.270. The van der Waals surface area contributed by atoms with Crippen molar-refractivity contribution >= 4 is 10.0 Å². The van der Waals surface area contributed by atoms with Crippen LogP contribution in [0, 0.1) is 11.8 Å². The molecule has 0 amide bonds. The predicted molar refractivity (Wildman–Crippen MR) is 78.0 cm³/mol. The molecule has 0 unspecified atom stereocenters. The van der Waals surface area contributed by atoms with Crippen molar-refractivity contribution in [2.24, 2.45) is 11.8 Å². The third-order valence-electron chi connectivity index (χ3n) is 4.18. The van der Waals surface area contributed by atoms with E-state index in [-0.39, 0.29) is 4.90 Å². The van der Waals surface area contributed by atoms with Crippen molar-refractivity contribution in [1.82, 2.24) is 9.71 Å². The smallest absolute Gasteiger partial charge is 0.245 e. The van der Waals surface area contributed by atoms with Crippen LogP contribution in [0.15, 0.2) is 28.2 Å². The molecule has 2 N–H and O–H groups in total. The van der Waals surface area contributed by atoms with Crippen LogP contribution in [-0.2, 0) is 10.0 Å². The lowest BCUT2D eigenvalue weighted by Crippen LogP contribution is -2.33. The van der Waals surface area contributed by atoms with Gasteiger partial charge in [-0.2, -0.15) is 0 Å². The highest BCUT2D eigenvalue weighted by Gasteiger charge is 2.23. The Morgan fingerprint density at radius 2 is 1.90 bits per heavy atom. The van der Waals surface area contributed by atoms with Crippen LogP contribution in [0.5, 0.6) is 0 Å². The second kappa shape index (κ2) is 6.54. The Labute approximate surface area is 119 Å². The summed E-state index contributed by atoms with van der Waals surface area (Å²) >= 11 is 0. The molecule has 0 aliphatic heterocycles. The zero-order chi connectivity index (χ0) is 14.6. The average Bonchev–Trinajstić information content (AvgIpc) is 2.46. The van der Waals surface area contributed by atoms with E-state index in [1.807, 2.05) is 0 Å². The number of hydrogen-bond donors (Lipinski definition) is 2. The first-order valence-corrected chi connectivity index (χ1v) is 8.68. The molecule has 5 nitrogen and oxygen atoms in total. The molecular weight excluding hydrogens is 276 g/mol. The maximum absolute atomic E-state index is 12.1. The lowest BCUT2D eigenvalue weighted by atomic mass is 9.81. The molecule has 1 heterocycles. The van der Waals surface area contributed by atoms with Crippen LogP contribution in [-0.4, -0.2) is 19.9 Å². The van der Waals surface area contributed by atoms with Gasteiger partial charge < -0.3 is 4.98 Å². The van der Waals surface area contributed by atoms with Gasteiger partial charge >= 0.3 is 0 Å². The fourth-order valence-corrected chi connectivity index (χ4v) is 3.93. The predicted octanol–water partition coefficient (Wildman–Crippen LogP) is 1.87. The van der Waals surface area contributed by atoms with Crippen LogP contribution in [0.4, 0.5) is 0 Å². The van der Waals surface area contributed by atoms with E-state index in [0.29, 0.717) is 12.5 Å². The van der Waals surface area contributed by atoms with Crippen molar-refractivity contribution in [3.8, 4) is 0 Å². The normalized spacial score (nSPS) is 23.6. The Morgan fingerprint density at radius 3 is 2.50 bits per heavy atom. The van der Waals surface area contributed by atoms with Gasteiger partial charge in [-0.3, -0.25) is 4.79 Å². The molecule has 0 spiro atoms. The molecule has 1 aliphatic rings. The highest BCUT2D eigenvalue weighted by atomic mass is 32.2. The third-order valence-corrected chi connectivity index (χ3v) is 5.63. The molecule has 6 heteroatoms. The molecular formula is C14H22N2O3S. The van der Waals surface area contributed by atoms with Gasteiger partial charge in [0.25, 0.3) is 0 Å². The van der Waals surface area contributed by atoms with E-state index in [0.717, 1.165) is 18.8 Å². The monoisotopic (exact) mass is 298 g/mol. The standard InChI is InChI=1S/C14H22N2O3S/c1-2-11-3-5-12(6-4-11)9-16-20(18,19)14-10-15-8-7-13(14)17/h7-8,10-12,16H,2-6,9H2,1H3,(H,15,17). The minimum atomic E-state index is -3.70. The fourth-order valence-electron chi connectivity index (χ4n) is 2.76. The van der Waals surface area contributed by atoms with E-state index in [4.69, 9.17) is 0 Å². The quantitative estimate of drug-likeness (QED) is 0.871. The molecule has 2 rings (SSSR count). The van der Waals surface area contributed by atoms with Gasteiger partial charge in [-0.1, -0.05) is 26.2 Å². The molecule has 1 aromatic heterocycles. The van der Waals surface area contributed by atoms with Gasteiger partial charge in [0, 0.05) is 25.0 Å². The van der Waals surface area contributed by atoms with Crippen molar-refractivity contribution in [2.75, 3.05) is 6.54 Å². The van der Waals surface area contributed by atoms with E-state index in [1.165, 1.54) is 37.7 Å². The maximum Gasteiger partial charge on any atom is 0.245 e. The maximum atomic E-state index is 12.1. The van der Waals surface area contributed by atoms with Crippen molar-refractivity contribution < 1.29 is 8.42 Å². The fraction of sp³-hybridized carbons (Fsp3) is 0.643. The molecule has 1 aromatic rings. The number of rotatable bonds is 5. The van der Waals surface area contributed by atoms with E-state index in [2.05, 4.69) is 16.6 Å². The Balaban J connectivity index is 1.94. The van der Waals surface area contributed by atoms with Gasteiger partial charge in [-0.05, 0) is 24.7 Å². The van der Waals surface area contributed by atoms with Crippen molar-refractivity contribution in [1.29, 1.82) is 0 Å². The number of H-pyrrole nitrogens is 1. The summed E-state index contributed by atoms with van der Waals surface area (Å²) < 4.78 is 26.7. The first kappa shape index (κ1) is 15.3. The number of sulfonamides is 1. The first-order chi connectivity index (χ1) is 9.53. The van der Waals surface area contributed by atoms with E-state index < -0.39 is 15.5 Å². The summed E-state index contributed by atoms with van der Waals surface area (Å²) in [6, 6.07) is 1.22. The largest absolute Gasteiger partial charge is 0.366 e. The SMILES string of the molecule is CCC1CCC(CNS(=O)(=O)c2c[nH]ccc2=O)CC1. The molecule has 20 heavy (non-hydrogen) atoms.